The molecule has 10 nitrogen and oxygen atoms in total. The van der Waals surface area contributed by atoms with Crippen LogP contribution in [0.25, 0.3) is 0 Å². The van der Waals surface area contributed by atoms with Crippen LogP contribution < -0.4 is 15.0 Å². The second-order valence-electron chi connectivity index (χ2n) is 10.1. The highest BCUT2D eigenvalue weighted by atomic mass is 16.6. The number of likely N-dealkylation sites (N-methyl/N-ethyl adjacent to an activating group) is 1. The van der Waals surface area contributed by atoms with Crippen molar-refractivity contribution >= 4 is 11.9 Å². The topological polar surface area (TPSA) is 107 Å². The van der Waals surface area contributed by atoms with Gasteiger partial charge in [-0.3, -0.25) is 4.90 Å². The van der Waals surface area contributed by atoms with Crippen LogP contribution in [0.15, 0.2) is 0 Å². The van der Waals surface area contributed by atoms with Gasteiger partial charge in [-0.1, -0.05) is 0 Å². The fraction of sp³-hybridized carbons (Fsp3) is 0.739. The van der Waals surface area contributed by atoms with Gasteiger partial charge in [-0.25, -0.2) is 4.79 Å². The SMILES string of the molecule is CN1CCCC1COc1nc2c(c(N3CCNC(CC#N)C3)n1)CN(C(=O)OC(C)(C)C)C2. The number of carbonyl (C=O) groups excluding carboxylic acids is 1. The van der Waals surface area contributed by atoms with E-state index in [1.165, 1.54) is 6.42 Å². The van der Waals surface area contributed by atoms with E-state index in [0.29, 0.717) is 44.7 Å². The molecule has 1 aromatic heterocycles. The first kappa shape index (κ1) is 23.5. The Bertz CT molecular complexity index is 911. The molecule has 180 valence electrons. The first-order chi connectivity index (χ1) is 15.7. The van der Waals surface area contributed by atoms with Gasteiger partial charge in [-0.2, -0.15) is 15.2 Å². The first-order valence-electron chi connectivity index (χ1n) is 11.8. The molecule has 0 aromatic carbocycles. The number of hydrogen-bond acceptors (Lipinski definition) is 9. The smallest absolute Gasteiger partial charge is 0.410 e. The Labute approximate surface area is 195 Å². The van der Waals surface area contributed by atoms with E-state index in [2.05, 4.69) is 33.2 Å². The van der Waals surface area contributed by atoms with Crippen molar-refractivity contribution in [3.63, 3.8) is 0 Å². The molecular weight excluding hydrogens is 422 g/mol. The number of likely N-dealkylation sites (tertiary alicyclic amines) is 1. The summed E-state index contributed by atoms with van der Waals surface area (Å²) in [5.74, 6) is 0.797. The summed E-state index contributed by atoms with van der Waals surface area (Å²) < 4.78 is 11.7. The van der Waals surface area contributed by atoms with E-state index in [9.17, 15) is 4.79 Å². The summed E-state index contributed by atoms with van der Waals surface area (Å²) in [6, 6.07) is 3.05. The number of fused-ring (bicyclic) bond motifs is 1. The van der Waals surface area contributed by atoms with Crippen molar-refractivity contribution in [2.75, 3.05) is 44.7 Å². The van der Waals surface area contributed by atoms with Crippen LogP contribution in [0.5, 0.6) is 6.01 Å². The molecule has 4 heterocycles. The van der Waals surface area contributed by atoms with Gasteiger partial charge >= 0.3 is 12.1 Å². The lowest BCUT2D eigenvalue weighted by molar-refractivity contribution is 0.0240. The number of hydrogen-bond donors (Lipinski definition) is 1. The third-order valence-corrected chi connectivity index (χ3v) is 6.36. The highest BCUT2D eigenvalue weighted by molar-refractivity contribution is 5.70. The monoisotopic (exact) mass is 457 g/mol. The molecule has 3 aliphatic heterocycles. The minimum absolute atomic E-state index is 0.0780. The number of nitrogens with zero attached hydrogens (tertiary/aromatic N) is 6. The molecule has 2 saturated heterocycles. The van der Waals surface area contributed by atoms with Crippen molar-refractivity contribution in [1.82, 2.24) is 25.1 Å². The van der Waals surface area contributed by atoms with Crippen LogP contribution in [-0.4, -0.2) is 83.4 Å². The second kappa shape index (κ2) is 9.69. The lowest BCUT2D eigenvalue weighted by Crippen LogP contribution is -2.51. The zero-order valence-corrected chi connectivity index (χ0v) is 20.1. The van der Waals surface area contributed by atoms with Crippen molar-refractivity contribution in [1.29, 1.82) is 5.26 Å². The fourth-order valence-corrected chi connectivity index (χ4v) is 4.62. The zero-order chi connectivity index (χ0) is 23.6. The third kappa shape index (κ3) is 5.65. The molecule has 0 spiro atoms. The Hall–Kier alpha value is -2.64. The summed E-state index contributed by atoms with van der Waals surface area (Å²) in [7, 11) is 2.12. The van der Waals surface area contributed by atoms with Crippen LogP contribution in [0.1, 0.15) is 51.3 Å². The number of nitrogens with one attached hydrogen (secondary N) is 1. The highest BCUT2D eigenvalue weighted by Gasteiger charge is 2.34. The molecule has 0 saturated carbocycles. The fourth-order valence-electron chi connectivity index (χ4n) is 4.62. The lowest BCUT2D eigenvalue weighted by atomic mass is 10.1. The number of nitriles is 1. The summed E-state index contributed by atoms with van der Waals surface area (Å²) in [6.07, 6.45) is 2.36. The van der Waals surface area contributed by atoms with Gasteiger partial charge in [0.2, 0.25) is 0 Å². The van der Waals surface area contributed by atoms with Crippen molar-refractivity contribution in [2.24, 2.45) is 0 Å². The van der Waals surface area contributed by atoms with Gasteiger partial charge in [-0.15, -0.1) is 0 Å². The van der Waals surface area contributed by atoms with E-state index in [-0.39, 0.29) is 12.1 Å². The Morgan fingerprint density at radius 1 is 1.27 bits per heavy atom. The van der Waals surface area contributed by atoms with Gasteiger partial charge in [0, 0.05) is 37.3 Å². The van der Waals surface area contributed by atoms with E-state index in [1.54, 1.807) is 4.90 Å². The molecule has 2 unspecified atom stereocenters. The maximum Gasteiger partial charge on any atom is 0.410 e. The van der Waals surface area contributed by atoms with Gasteiger partial charge in [0.15, 0.2) is 0 Å². The molecule has 10 heteroatoms. The van der Waals surface area contributed by atoms with Crippen molar-refractivity contribution in [3.8, 4) is 12.1 Å². The van der Waals surface area contributed by atoms with E-state index in [0.717, 1.165) is 43.1 Å². The Balaban J connectivity index is 1.57. The molecule has 33 heavy (non-hydrogen) atoms. The Kier molecular flexibility index (Phi) is 6.91. The number of aromatic nitrogens is 2. The van der Waals surface area contributed by atoms with Crippen LogP contribution in [0.2, 0.25) is 0 Å². The van der Waals surface area contributed by atoms with Crippen LogP contribution in [0.3, 0.4) is 0 Å². The van der Waals surface area contributed by atoms with E-state index in [1.807, 2.05) is 20.8 Å². The minimum Gasteiger partial charge on any atom is -0.462 e. The molecule has 4 rings (SSSR count). The number of rotatable bonds is 5. The number of amides is 1. The zero-order valence-electron chi connectivity index (χ0n) is 20.1. The molecule has 1 N–H and O–H groups in total. The minimum atomic E-state index is -0.564. The van der Waals surface area contributed by atoms with Crippen LogP contribution in [0.4, 0.5) is 10.6 Å². The summed E-state index contributed by atoms with van der Waals surface area (Å²) in [4.78, 5) is 28.4. The molecule has 0 radical (unpaired) electrons. The quantitative estimate of drug-likeness (QED) is 0.709. The van der Waals surface area contributed by atoms with Crippen molar-refractivity contribution in [2.45, 2.75) is 70.8 Å². The Morgan fingerprint density at radius 3 is 2.79 bits per heavy atom. The van der Waals surface area contributed by atoms with E-state index >= 15 is 0 Å². The Morgan fingerprint density at radius 2 is 2.09 bits per heavy atom. The molecule has 1 amide bonds. The molecule has 3 aliphatic rings. The summed E-state index contributed by atoms with van der Waals surface area (Å²) in [5, 5.41) is 12.5. The van der Waals surface area contributed by atoms with Crippen LogP contribution in [0, 0.1) is 11.3 Å². The molecule has 1 aromatic rings. The number of carbonyl (C=O) groups is 1. The molecule has 0 bridgehead atoms. The molecule has 2 fully saturated rings. The standard InChI is InChI=1S/C23H35N7O3/c1-23(2,3)33-22(31)30-13-18-19(14-30)26-21(32-15-17-6-5-10-28(17)4)27-20(18)29-11-9-25-16(12-29)7-8-24/h16-17,25H,5-7,9-15H2,1-4H3. The first-order valence-corrected chi connectivity index (χ1v) is 11.8. The molecule has 2 atom stereocenters. The maximum atomic E-state index is 12.7. The lowest BCUT2D eigenvalue weighted by Gasteiger charge is -2.34. The summed E-state index contributed by atoms with van der Waals surface area (Å²) in [5.41, 5.74) is 1.17. The van der Waals surface area contributed by atoms with Gasteiger partial charge in [-0.05, 0) is 47.2 Å². The van der Waals surface area contributed by atoms with Crippen LogP contribution in [-0.2, 0) is 17.8 Å². The predicted octanol–water partition coefficient (Wildman–Crippen LogP) is 1.89. The number of anilines is 1. The van der Waals surface area contributed by atoms with Gasteiger partial charge < -0.3 is 24.6 Å². The molecular formula is C23H35N7O3. The summed E-state index contributed by atoms with van der Waals surface area (Å²) in [6.45, 7) is 10.2. The van der Waals surface area contributed by atoms with Gasteiger partial charge in [0.25, 0.3) is 0 Å². The average molecular weight is 458 g/mol. The molecule has 0 aliphatic carbocycles. The van der Waals surface area contributed by atoms with E-state index < -0.39 is 5.60 Å². The van der Waals surface area contributed by atoms with Gasteiger partial charge in [0.05, 0.1) is 31.3 Å². The normalized spacial score (nSPS) is 23.4. The second-order valence-corrected chi connectivity index (χ2v) is 10.1. The third-order valence-electron chi connectivity index (χ3n) is 6.36. The number of piperazine rings is 1. The average Bonchev–Trinajstić information content (AvgIpc) is 3.37. The predicted molar refractivity (Wildman–Crippen MR) is 123 cm³/mol. The van der Waals surface area contributed by atoms with Crippen molar-refractivity contribution < 1.29 is 14.3 Å². The van der Waals surface area contributed by atoms with E-state index in [4.69, 9.17) is 19.7 Å². The highest BCUT2D eigenvalue weighted by Crippen LogP contribution is 2.33. The largest absolute Gasteiger partial charge is 0.462 e. The van der Waals surface area contributed by atoms with Crippen LogP contribution >= 0.6 is 0 Å². The number of ether oxygens (including phenoxy) is 2. The van der Waals surface area contributed by atoms with Gasteiger partial charge in [0.1, 0.15) is 18.0 Å². The maximum absolute atomic E-state index is 12.7. The van der Waals surface area contributed by atoms with Crippen molar-refractivity contribution in [3.05, 3.63) is 11.3 Å². The summed E-state index contributed by atoms with van der Waals surface area (Å²) >= 11 is 0.